The van der Waals surface area contributed by atoms with Crippen LogP contribution in [0.1, 0.15) is 10.4 Å². The monoisotopic (exact) mass is 436 g/mol. The summed E-state index contributed by atoms with van der Waals surface area (Å²) in [6.45, 7) is 0. The van der Waals surface area contributed by atoms with Gasteiger partial charge in [-0.05, 0) is 66.8 Å². The third-order valence-electron chi connectivity index (χ3n) is 4.26. The second-order valence-corrected chi connectivity index (χ2v) is 6.79. The smallest absolute Gasteiger partial charge is 0.269 e. The van der Waals surface area contributed by atoms with Gasteiger partial charge in [0.25, 0.3) is 11.6 Å². The van der Waals surface area contributed by atoms with Crippen molar-refractivity contribution in [2.45, 2.75) is 0 Å². The molecule has 0 radical (unpaired) electrons. The third-order valence-corrected chi connectivity index (χ3v) is 4.47. The number of aromatic nitrogens is 3. The number of carbonyl (C=O) groups is 1. The molecular formula is C20H13FN6O3S. The van der Waals surface area contributed by atoms with E-state index < -0.39 is 10.8 Å². The van der Waals surface area contributed by atoms with Gasteiger partial charge in [-0.2, -0.15) is 4.80 Å². The van der Waals surface area contributed by atoms with Crippen molar-refractivity contribution in [1.82, 2.24) is 20.3 Å². The van der Waals surface area contributed by atoms with E-state index in [0.29, 0.717) is 22.4 Å². The quantitative estimate of drug-likeness (QED) is 0.285. The largest absolute Gasteiger partial charge is 0.332 e. The Bertz CT molecular complexity index is 1310. The maximum atomic E-state index is 13.1. The molecule has 1 heterocycles. The van der Waals surface area contributed by atoms with Crippen LogP contribution in [0.25, 0.3) is 16.7 Å². The minimum atomic E-state index is -0.545. The topological polar surface area (TPSA) is 115 Å². The first-order valence-electron chi connectivity index (χ1n) is 8.89. The van der Waals surface area contributed by atoms with Gasteiger partial charge < -0.3 is 5.32 Å². The number of benzene rings is 3. The molecule has 11 heteroatoms. The number of nitrogens with zero attached hydrogens (tertiary/aromatic N) is 4. The van der Waals surface area contributed by atoms with Crippen LogP contribution in [0.2, 0.25) is 0 Å². The summed E-state index contributed by atoms with van der Waals surface area (Å²) in [4.78, 5) is 23.8. The molecule has 0 aliphatic carbocycles. The van der Waals surface area contributed by atoms with Crippen LogP contribution in [0.15, 0.2) is 66.7 Å². The molecule has 0 fully saturated rings. The summed E-state index contributed by atoms with van der Waals surface area (Å²) in [7, 11) is 0. The second kappa shape index (κ2) is 8.24. The standard InChI is InChI=1S/C20H13FN6O3S/c21-13-3-8-15(9-4-13)26-24-17-10-5-14(11-18(17)25-26)22-20(31)23-19(28)12-1-6-16(7-2-12)27(29)30/h1-11H,(H2,22,23,28,31). The number of nitro benzene ring substituents is 1. The number of amides is 1. The number of nitro groups is 1. The van der Waals surface area contributed by atoms with Gasteiger partial charge >= 0.3 is 0 Å². The van der Waals surface area contributed by atoms with Crippen LogP contribution in [0, 0.1) is 15.9 Å². The van der Waals surface area contributed by atoms with Crippen LogP contribution in [0.3, 0.4) is 0 Å². The number of anilines is 1. The maximum absolute atomic E-state index is 13.1. The summed E-state index contributed by atoms with van der Waals surface area (Å²) in [5, 5.41) is 24.9. The van der Waals surface area contributed by atoms with Gasteiger partial charge in [-0.3, -0.25) is 20.2 Å². The van der Waals surface area contributed by atoms with E-state index in [4.69, 9.17) is 12.2 Å². The molecule has 31 heavy (non-hydrogen) atoms. The molecule has 1 amide bonds. The predicted octanol–water partition coefficient (Wildman–Crippen LogP) is 3.59. The predicted molar refractivity (Wildman–Crippen MR) is 116 cm³/mol. The highest BCUT2D eigenvalue weighted by atomic mass is 32.1. The fraction of sp³-hybridized carbons (Fsp3) is 0. The minimum Gasteiger partial charge on any atom is -0.332 e. The summed E-state index contributed by atoms with van der Waals surface area (Å²) in [5.74, 6) is -0.855. The summed E-state index contributed by atoms with van der Waals surface area (Å²) in [6.07, 6.45) is 0. The second-order valence-electron chi connectivity index (χ2n) is 6.38. The fourth-order valence-electron chi connectivity index (χ4n) is 2.75. The lowest BCUT2D eigenvalue weighted by Crippen LogP contribution is -2.34. The van der Waals surface area contributed by atoms with Crippen molar-refractivity contribution in [1.29, 1.82) is 0 Å². The van der Waals surface area contributed by atoms with Crippen LogP contribution < -0.4 is 10.6 Å². The Morgan fingerprint density at radius 3 is 2.35 bits per heavy atom. The van der Waals surface area contributed by atoms with Crippen LogP contribution in [-0.4, -0.2) is 30.9 Å². The third kappa shape index (κ3) is 4.51. The van der Waals surface area contributed by atoms with Crippen molar-refractivity contribution >= 4 is 45.6 Å². The number of rotatable bonds is 4. The molecule has 0 unspecified atom stereocenters. The molecule has 0 aliphatic rings. The van der Waals surface area contributed by atoms with Gasteiger partial charge in [0.1, 0.15) is 16.9 Å². The van der Waals surface area contributed by atoms with Crippen molar-refractivity contribution in [2.75, 3.05) is 5.32 Å². The molecule has 1 aromatic heterocycles. The zero-order valence-electron chi connectivity index (χ0n) is 15.7. The first-order valence-corrected chi connectivity index (χ1v) is 9.30. The molecule has 4 aromatic rings. The molecule has 0 bridgehead atoms. The Morgan fingerprint density at radius 2 is 1.68 bits per heavy atom. The molecule has 4 rings (SSSR count). The average molecular weight is 436 g/mol. The van der Waals surface area contributed by atoms with E-state index in [9.17, 15) is 19.3 Å². The SMILES string of the molecule is O=C(NC(=S)Nc1ccc2nn(-c3ccc(F)cc3)nc2c1)c1ccc([N+](=O)[O-])cc1. The highest BCUT2D eigenvalue weighted by Gasteiger charge is 2.12. The summed E-state index contributed by atoms with van der Waals surface area (Å²) in [6, 6.07) is 16.1. The molecule has 2 N–H and O–H groups in total. The summed E-state index contributed by atoms with van der Waals surface area (Å²) >= 11 is 5.17. The molecule has 0 saturated carbocycles. The number of nitrogens with one attached hydrogen (secondary N) is 2. The van der Waals surface area contributed by atoms with E-state index in [1.54, 1.807) is 30.3 Å². The Morgan fingerprint density at radius 1 is 1.00 bits per heavy atom. The number of hydrogen-bond acceptors (Lipinski definition) is 6. The Hall–Kier alpha value is -4.25. The Labute approximate surface area is 179 Å². The van der Waals surface area contributed by atoms with Gasteiger partial charge in [0.2, 0.25) is 0 Å². The number of hydrogen-bond donors (Lipinski definition) is 2. The van der Waals surface area contributed by atoms with Crippen molar-refractivity contribution in [3.05, 3.63) is 88.2 Å². The Kier molecular flexibility index (Phi) is 5.33. The van der Waals surface area contributed by atoms with Gasteiger partial charge in [-0.1, -0.05) is 0 Å². The molecule has 0 aliphatic heterocycles. The van der Waals surface area contributed by atoms with E-state index in [-0.39, 0.29) is 22.2 Å². The lowest BCUT2D eigenvalue weighted by Gasteiger charge is -2.09. The van der Waals surface area contributed by atoms with E-state index in [0.717, 1.165) is 0 Å². The average Bonchev–Trinajstić information content (AvgIpc) is 3.17. The van der Waals surface area contributed by atoms with E-state index in [2.05, 4.69) is 20.8 Å². The molecule has 0 atom stereocenters. The van der Waals surface area contributed by atoms with Crippen molar-refractivity contribution < 1.29 is 14.1 Å². The lowest BCUT2D eigenvalue weighted by atomic mass is 10.2. The number of halogens is 1. The highest BCUT2D eigenvalue weighted by molar-refractivity contribution is 7.80. The van der Waals surface area contributed by atoms with Crippen LogP contribution in [0.4, 0.5) is 15.8 Å². The molecule has 0 saturated heterocycles. The van der Waals surface area contributed by atoms with E-state index in [1.165, 1.54) is 41.2 Å². The first-order chi connectivity index (χ1) is 14.9. The zero-order chi connectivity index (χ0) is 22.0. The van der Waals surface area contributed by atoms with Gasteiger partial charge in [0, 0.05) is 23.4 Å². The van der Waals surface area contributed by atoms with Crippen molar-refractivity contribution in [3.63, 3.8) is 0 Å². The number of thiocarbonyl (C=S) groups is 1. The number of non-ortho nitro benzene ring substituents is 1. The molecule has 3 aromatic carbocycles. The first kappa shape index (κ1) is 20.0. The van der Waals surface area contributed by atoms with E-state index >= 15 is 0 Å². The zero-order valence-corrected chi connectivity index (χ0v) is 16.5. The summed E-state index contributed by atoms with van der Waals surface area (Å²) in [5.41, 5.74) is 2.49. The molecule has 154 valence electrons. The van der Waals surface area contributed by atoms with Crippen LogP contribution in [0.5, 0.6) is 0 Å². The van der Waals surface area contributed by atoms with Gasteiger partial charge in [0.05, 0.1) is 10.6 Å². The van der Waals surface area contributed by atoms with Crippen LogP contribution in [-0.2, 0) is 0 Å². The molecule has 0 spiro atoms. The van der Waals surface area contributed by atoms with Gasteiger partial charge in [0.15, 0.2) is 5.11 Å². The number of fused-ring (bicyclic) bond motifs is 1. The van der Waals surface area contributed by atoms with Gasteiger partial charge in [-0.25, -0.2) is 4.39 Å². The maximum Gasteiger partial charge on any atom is 0.269 e. The van der Waals surface area contributed by atoms with Gasteiger partial charge in [-0.15, -0.1) is 10.2 Å². The fourth-order valence-corrected chi connectivity index (χ4v) is 2.96. The highest BCUT2D eigenvalue weighted by Crippen LogP contribution is 2.18. The van der Waals surface area contributed by atoms with E-state index in [1.807, 2.05) is 0 Å². The number of carbonyl (C=O) groups excluding carboxylic acids is 1. The lowest BCUT2D eigenvalue weighted by molar-refractivity contribution is -0.384. The normalized spacial score (nSPS) is 10.6. The molecule has 9 nitrogen and oxygen atoms in total. The molecular weight excluding hydrogens is 423 g/mol. The summed E-state index contributed by atoms with van der Waals surface area (Å²) < 4.78 is 13.1. The van der Waals surface area contributed by atoms with Crippen molar-refractivity contribution in [3.8, 4) is 5.69 Å². The Balaban J connectivity index is 1.45. The minimum absolute atomic E-state index is 0.0497. The van der Waals surface area contributed by atoms with Crippen LogP contribution >= 0.6 is 12.2 Å². The van der Waals surface area contributed by atoms with Crippen molar-refractivity contribution in [2.24, 2.45) is 0 Å².